The number of fused-ring (bicyclic) bond motifs is 3. The van der Waals surface area contributed by atoms with E-state index in [1.54, 1.807) is 6.07 Å². The predicted molar refractivity (Wildman–Crippen MR) is 129 cm³/mol. The van der Waals surface area contributed by atoms with Crippen molar-refractivity contribution >= 4 is 17.5 Å². The molecule has 1 N–H and O–H groups in total. The molecule has 1 amide bonds. The summed E-state index contributed by atoms with van der Waals surface area (Å²) < 4.78 is 6.76. The number of hydrogen-bond donors (Lipinski definition) is 1. The molecular formula is C27H29ClN4O3. The average molecular weight is 493 g/mol. The number of likely N-dealkylation sites (tertiary alicyclic amines) is 1. The highest BCUT2D eigenvalue weighted by Crippen LogP contribution is 2.71. The molecular weight excluding hydrogens is 464 g/mol. The Bertz CT molecular complexity index is 1250. The normalized spacial score (nSPS) is 36.5. The smallest absolute Gasteiger partial charge is 0.292 e. The average Bonchev–Trinajstić information content (AvgIpc) is 3.65. The number of carbonyl (C=O) groups is 1. The van der Waals surface area contributed by atoms with E-state index in [1.165, 1.54) is 42.9 Å². The molecule has 7 aliphatic rings. The summed E-state index contributed by atoms with van der Waals surface area (Å²) >= 11 is 5.99. The number of hydrogen-bond acceptors (Lipinski definition) is 6. The van der Waals surface area contributed by atoms with Gasteiger partial charge in [-0.15, -0.1) is 0 Å². The number of aromatic nitrogens is 2. The molecule has 2 saturated carbocycles. The van der Waals surface area contributed by atoms with Crippen LogP contribution < -0.4 is 4.74 Å². The van der Waals surface area contributed by atoms with Gasteiger partial charge in [-0.3, -0.25) is 9.69 Å². The van der Waals surface area contributed by atoms with Crippen LogP contribution in [-0.2, 0) is 11.8 Å². The molecule has 4 bridgehead atoms. The Kier molecular flexibility index (Phi) is 4.09. The van der Waals surface area contributed by atoms with E-state index in [1.807, 2.05) is 4.90 Å². The maximum absolute atomic E-state index is 13.7. The summed E-state index contributed by atoms with van der Waals surface area (Å²) in [5.74, 6) is 1.80. The zero-order valence-corrected chi connectivity index (χ0v) is 20.4. The van der Waals surface area contributed by atoms with Gasteiger partial charge in [0.2, 0.25) is 5.82 Å². The lowest BCUT2D eigenvalue weighted by Gasteiger charge is -2.66. The quantitative estimate of drug-likeness (QED) is 0.705. The molecule has 7 nitrogen and oxygen atoms in total. The molecule has 3 aliphatic carbocycles. The largest absolute Gasteiger partial charge is 0.504 e. The molecule has 5 atom stereocenters. The van der Waals surface area contributed by atoms with Crippen LogP contribution in [0.5, 0.6) is 11.5 Å². The van der Waals surface area contributed by atoms with Crippen molar-refractivity contribution in [1.82, 2.24) is 19.8 Å². The number of rotatable bonds is 3. The third kappa shape index (κ3) is 2.53. The number of amides is 1. The molecule has 1 aromatic heterocycles. The summed E-state index contributed by atoms with van der Waals surface area (Å²) in [6.07, 6.45) is 10.5. The Morgan fingerprint density at radius 1 is 1.14 bits per heavy atom. The molecule has 182 valence electrons. The number of piperidine rings is 1. The Labute approximate surface area is 209 Å². The molecule has 3 saturated heterocycles. The monoisotopic (exact) mass is 492 g/mol. The first-order chi connectivity index (χ1) is 17.0. The van der Waals surface area contributed by atoms with E-state index in [-0.39, 0.29) is 40.5 Å². The molecule has 2 aromatic rings. The summed E-state index contributed by atoms with van der Waals surface area (Å²) in [4.78, 5) is 27.0. The molecule has 5 fully saturated rings. The first-order valence-corrected chi connectivity index (χ1v) is 13.4. The molecule has 8 heteroatoms. The van der Waals surface area contributed by atoms with Gasteiger partial charge in [-0.05, 0) is 69.0 Å². The molecule has 1 aromatic carbocycles. The van der Waals surface area contributed by atoms with Gasteiger partial charge >= 0.3 is 0 Å². The highest BCUT2D eigenvalue weighted by Gasteiger charge is 2.74. The SMILES string of the molecule is O=C(c1ncc(Cl)cn1)N1CC[C@@]23CC[C@@H]1[C@@H]1Oc4c(O)ccc5c4[C@@]12CCN(CC1CC1)[C@H]3C5. The Hall–Kier alpha value is -2.38. The molecule has 0 radical (unpaired) electrons. The van der Waals surface area contributed by atoms with E-state index in [2.05, 4.69) is 20.9 Å². The maximum atomic E-state index is 13.7. The van der Waals surface area contributed by atoms with E-state index in [4.69, 9.17) is 16.3 Å². The second kappa shape index (κ2) is 6.88. The lowest BCUT2D eigenvalue weighted by molar-refractivity contribution is -0.129. The van der Waals surface area contributed by atoms with Crippen molar-refractivity contribution in [3.8, 4) is 11.5 Å². The molecule has 2 spiro atoms. The van der Waals surface area contributed by atoms with Gasteiger partial charge in [-0.2, -0.15) is 0 Å². The van der Waals surface area contributed by atoms with Gasteiger partial charge in [0.15, 0.2) is 11.5 Å². The first-order valence-electron chi connectivity index (χ1n) is 13.1. The maximum Gasteiger partial charge on any atom is 0.292 e. The summed E-state index contributed by atoms with van der Waals surface area (Å²) in [6.45, 7) is 2.95. The lowest BCUT2D eigenvalue weighted by atomic mass is 9.42. The number of halogens is 1. The van der Waals surface area contributed by atoms with E-state index < -0.39 is 0 Å². The van der Waals surface area contributed by atoms with E-state index in [0.29, 0.717) is 23.4 Å². The van der Waals surface area contributed by atoms with Crippen molar-refractivity contribution in [2.24, 2.45) is 11.3 Å². The highest BCUT2D eigenvalue weighted by atomic mass is 35.5. The van der Waals surface area contributed by atoms with Crippen molar-refractivity contribution in [3.05, 3.63) is 46.5 Å². The fourth-order valence-corrected chi connectivity index (χ4v) is 8.89. The Morgan fingerprint density at radius 3 is 2.77 bits per heavy atom. The topological polar surface area (TPSA) is 78.8 Å². The minimum Gasteiger partial charge on any atom is -0.504 e. The van der Waals surface area contributed by atoms with Gasteiger partial charge in [0, 0.05) is 47.9 Å². The number of benzene rings is 1. The van der Waals surface area contributed by atoms with Crippen LogP contribution in [0.3, 0.4) is 0 Å². The Balaban J connectivity index is 1.28. The number of phenolic OH excluding ortho intramolecular Hbond substituents is 1. The minimum atomic E-state index is -0.155. The predicted octanol–water partition coefficient (Wildman–Crippen LogP) is 3.57. The van der Waals surface area contributed by atoms with Gasteiger partial charge in [-0.25, -0.2) is 9.97 Å². The molecule has 0 unspecified atom stereocenters. The lowest BCUT2D eigenvalue weighted by Crippen LogP contribution is -2.72. The van der Waals surface area contributed by atoms with Gasteiger partial charge in [-0.1, -0.05) is 17.7 Å². The van der Waals surface area contributed by atoms with E-state index in [0.717, 1.165) is 44.6 Å². The van der Waals surface area contributed by atoms with Gasteiger partial charge in [0.05, 0.1) is 11.1 Å². The summed E-state index contributed by atoms with van der Waals surface area (Å²) in [6, 6.07) is 4.33. The Morgan fingerprint density at radius 2 is 1.97 bits per heavy atom. The summed E-state index contributed by atoms with van der Waals surface area (Å²) in [7, 11) is 0. The number of nitrogens with zero attached hydrogens (tertiary/aromatic N) is 4. The van der Waals surface area contributed by atoms with Crippen molar-refractivity contribution in [2.75, 3.05) is 19.6 Å². The molecule has 35 heavy (non-hydrogen) atoms. The second-order valence-corrected chi connectivity index (χ2v) is 12.0. The molecule has 9 rings (SSSR count). The number of ether oxygens (including phenoxy) is 1. The van der Waals surface area contributed by atoms with Gasteiger partial charge < -0.3 is 14.7 Å². The third-order valence-electron chi connectivity index (χ3n) is 10.3. The fraction of sp³-hybridized carbons (Fsp3) is 0.593. The van der Waals surface area contributed by atoms with Crippen LogP contribution in [-0.4, -0.2) is 68.6 Å². The third-order valence-corrected chi connectivity index (χ3v) is 10.5. The van der Waals surface area contributed by atoms with Crippen molar-refractivity contribution in [3.63, 3.8) is 0 Å². The van der Waals surface area contributed by atoms with Crippen LogP contribution in [0, 0.1) is 11.3 Å². The van der Waals surface area contributed by atoms with Crippen molar-refractivity contribution in [2.45, 2.75) is 68.5 Å². The van der Waals surface area contributed by atoms with E-state index >= 15 is 0 Å². The van der Waals surface area contributed by atoms with Crippen LogP contribution in [0.4, 0.5) is 0 Å². The van der Waals surface area contributed by atoms with Crippen molar-refractivity contribution in [1.29, 1.82) is 0 Å². The highest BCUT2D eigenvalue weighted by molar-refractivity contribution is 6.30. The zero-order chi connectivity index (χ0) is 23.5. The van der Waals surface area contributed by atoms with Crippen LogP contribution in [0.15, 0.2) is 24.5 Å². The number of aromatic hydroxyl groups is 1. The molecule has 4 aliphatic heterocycles. The van der Waals surface area contributed by atoms with Crippen molar-refractivity contribution < 1.29 is 14.6 Å². The minimum absolute atomic E-state index is 0.0449. The number of phenols is 1. The van der Waals surface area contributed by atoms with Crippen LogP contribution >= 0.6 is 11.6 Å². The van der Waals surface area contributed by atoms with Crippen LogP contribution in [0.2, 0.25) is 5.02 Å². The number of carbonyl (C=O) groups excluding carboxylic acids is 1. The van der Waals surface area contributed by atoms with Crippen LogP contribution in [0.25, 0.3) is 0 Å². The fourth-order valence-electron chi connectivity index (χ4n) is 8.79. The standard InChI is InChI=1S/C27H29ClN4O3/c28-17-12-29-24(30-13-17)25(34)32-10-7-26-6-5-18(32)23-27(26)8-9-31(14-15-1-2-15)20(26)11-16-3-4-19(33)22(35-23)21(16)27/h3-4,12-13,15,18,20,23,33H,1-2,5-11,14H2/t18-,20+,23+,26-,27+/m1/s1. The summed E-state index contributed by atoms with van der Waals surface area (Å²) in [5, 5.41) is 11.3. The second-order valence-electron chi connectivity index (χ2n) is 11.6. The first kappa shape index (κ1) is 20.8. The zero-order valence-electron chi connectivity index (χ0n) is 19.6. The van der Waals surface area contributed by atoms with Crippen LogP contribution in [0.1, 0.15) is 60.3 Å². The van der Waals surface area contributed by atoms with E-state index in [9.17, 15) is 9.90 Å². The molecule has 5 heterocycles. The summed E-state index contributed by atoms with van der Waals surface area (Å²) in [5.41, 5.74) is 2.48. The van der Waals surface area contributed by atoms with Gasteiger partial charge in [0.25, 0.3) is 5.91 Å². The van der Waals surface area contributed by atoms with Gasteiger partial charge in [0.1, 0.15) is 6.10 Å².